The first-order valence-electron chi connectivity index (χ1n) is 8.91. The van der Waals surface area contributed by atoms with Crippen LogP contribution in [0.1, 0.15) is 35.0 Å². The monoisotopic (exact) mass is 353 g/mol. The molecule has 1 fully saturated rings. The maximum absolute atomic E-state index is 12.6. The number of carbonyl (C=O) groups excluding carboxylic acids is 1. The molecule has 3 aromatic rings. The zero-order valence-electron chi connectivity index (χ0n) is 14.4. The zero-order chi connectivity index (χ0) is 17.9. The largest absolute Gasteiger partial charge is 0.463 e. The van der Waals surface area contributed by atoms with Gasteiger partial charge in [0.1, 0.15) is 11.1 Å². The highest BCUT2D eigenvalue weighted by Gasteiger charge is 2.30. The molecule has 26 heavy (non-hydrogen) atoms. The third-order valence-corrected chi connectivity index (χ3v) is 4.98. The molecule has 0 aliphatic carbocycles. The second-order valence-electron chi connectivity index (χ2n) is 6.63. The Morgan fingerprint density at radius 1 is 1.15 bits per heavy atom. The molecule has 0 bridgehead atoms. The Labute approximate surface area is 150 Å². The van der Waals surface area contributed by atoms with E-state index in [4.69, 9.17) is 8.83 Å². The summed E-state index contributed by atoms with van der Waals surface area (Å²) in [5.41, 5.74) is -0.119. The van der Waals surface area contributed by atoms with Crippen LogP contribution in [0.4, 0.5) is 0 Å². The summed E-state index contributed by atoms with van der Waals surface area (Å²) in [7, 11) is 0. The van der Waals surface area contributed by atoms with E-state index >= 15 is 0 Å². The molecule has 6 nitrogen and oxygen atoms in total. The lowest BCUT2D eigenvalue weighted by molar-refractivity contribution is -0.919. The van der Waals surface area contributed by atoms with Crippen LogP contribution >= 0.6 is 0 Å². The van der Waals surface area contributed by atoms with Crippen molar-refractivity contribution in [2.45, 2.75) is 18.9 Å². The Bertz CT molecular complexity index is 955. The first kappa shape index (κ1) is 16.6. The fraction of sp³-hybridized carbons (Fsp3) is 0.300. The molecule has 1 amide bonds. The fourth-order valence-corrected chi connectivity index (χ4v) is 3.62. The second kappa shape index (κ2) is 7.17. The highest BCUT2D eigenvalue weighted by atomic mass is 16.4. The van der Waals surface area contributed by atoms with Gasteiger partial charge in [-0.3, -0.25) is 4.79 Å². The van der Waals surface area contributed by atoms with Crippen LogP contribution in [0.2, 0.25) is 0 Å². The van der Waals surface area contributed by atoms with Crippen molar-refractivity contribution in [2.24, 2.45) is 0 Å². The molecule has 1 saturated heterocycles. The van der Waals surface area contributed by atoms with Crippen molar-refractivity contribution in [2.75, 3.05) is 19.6 Å². The van der Waals surface area contributed by atoms with E-state index in [-0.39, 0.29) is 11.6 Å². The highest BCUT2D eigenvalue weighted by molar-refractivity contribution is 5.96. The Morgan fingerprint density at radius 2 is 1.96 bits per heavy atom. The van der Waals surface area contributed by atoms with Crippen molar-refractivity contribution in [1.82, 2.24) is 5.32 Å². The number of amides is 1. The second-order valence-corrected chi connectivity index (χ2v) is 6.63. The van der Waals surface area contributed by atoms with Crippen molar-refractivity contribution in [1.29, 1.82) is 0 Å². The number of quaternary nitrogens is 1. The topological polar surface area (TPSA) is 76.9 Å². The normalized spacial score (nSPS) is 16.0. The van der Waals surface area contributed by atoms with Crippen LogP contribution in [0.5, 0.6) is 0 Å². The summed E-state index contributed by atoms with van der Waals surface area (Å²) in [6, 6.07) is 12.6. The molecule has 4 rings (SSSR count). The van der Waals surface area contributed by atoms with Crippen LogP contribution in [-0.4, -0.2) is 25.5 Å². The zero-order valence-corrected chi connectivity index (χ0v) is 14.4. The lowest BCUT2D eigenvalue weighted by Crippen LogP contribution is -3.11. The lowest BCUT2D eigenvalue weighted by Gasteiger charge is -2.23. The number of likely N-dealkylation sites (tertiary alicyclic amines) is 1. The van der Waals surface area contributed by atoms with Crippen molar-refractivity contribution >= 4 is 16.9 Å². The smallest absolute Gasteiger partial charge is 0.349 e. The molecule has 0 unspecified atom stereocenters. The van der Waals surface area contributed by atoms with E-state index in [1.807, 2.05) is 24.3 Å². The van der Waals surface area contributed by atoms with E-state index in [9.17, 15) is 9.59 Å². The van der Waals surface area contributed by atoms with Crippen LogP contribution in [0, 0.1) is 0 Å². The molecule has 1 aromatic carbocycles. The number of para-hydroxylation sites is 1. The molecule has 0 spiro atoms. The summed E-state index contributed by atoms with van der Waals surface area (Å²) in [6.45, 7) is 2.52. The summed E-state index contributed by atoms with van der Waals surface area (Å²) in [5.74, 6) is 0.437. The predicted octanol–water partition coefficient (Wildman–Crippen LogP) is 1.54. The van der Waals surface area contributed by atoms with Crippen LogP contribution in [0.3, 0.4) is 0 Å². The molecule has 1 aliphatic heterocycles. The van der Waals surface area contributed by atoms with E-state index in [0.717, 1.165) is 24.2 Å². The number of carbonyl (C=O) groups is 1. The van der Waals surface area contributed by atoms with Crippen molar-refractivity contribution in [3.05, 3.63) is 70.5 Å². The number of nitrogens with one attached hydrogen (secondary N) is 2. The lowest BCUT2D eigenvalue weighted by atomic mass is 10.1. The molecule has 1 atom stereocenters. The van der Waals surface area contributed by atoms with Crippen LogP contribution < -0.4 is 15.8 Å². The van der Waals surface area contributed by atoms with E-state index < -0.39 is 11.5 Å². The van der Waals surface area contributed by atoms with Crippen LogP contribution in [0.15, 0.2) is 62.4 Å². The van der Waals surface area contributed by atoms with Crippen molar-refractivity contribution < 1.29 is 18.5 Å². The van der Waals surface area contributed by atoms with Crippen molar-refractivity contribution in [3.8, 4) is 0 Å². The minimum Gasteiger partial charge on any atom is -0.463 e. The summed E-state index contributed by atoms with van der Waals surface area (Å²) in [6.07, 6.45) is 4.00. The molecular formula is C20H21N2O4+. The molecule has 134 valence electrons. The Balaban J connectivity index is 1.53. The average Bonchev–Trinajstić information content (AvgIpc) is 3.35. The summed E-state index contributed by atoms with van der Waals surface area (Å²) in [5, 5.41) is 3.62. The number of benzene rings is 1. The summed E-state index contributed by atoms with van der Waals surface area (Å²) in [4.78, 5) is 26.1. The van der Waals surface area contributed by atoms with Gasteiger partial charge < -0.3 is 19.1 Å². The molecule has 0 saturated carbocycles. The van der Waals surface area contributed by atoms with Gasteiger partial charge in [0.05, 0.1) is 25.9 Å². The minimum absolute atomic E-state index is 0.0262. The number of rotatable bonds is 5. The maximum Gasteiger partial charge on any atom is 0.349 e. The Hall–Kier alpha value is -2.86. The van der Waals surface area contributed by atoms with E-state index in [1.54, 1.807) is 24.5 Å². The van der Waals surface area contributed by atoms with E-state index in [1.165, 1.54) is 17.7 Å². The van der Waals surface area contributed by atoms with Gasteiger partial charge in [-0.15, -0.1) is 0 Å². The molecule has 1 aliphatic rings. The number of hydrogen-bond acceptors (Lipinski definition) is 4. The molecular weight excluding hydrogens is 332 g/mol. The first-order chi connectivity index (χ1) is 12.7. The highest BCUT2D eigenvalue weighted by Crippen LogP contribution is 2.14. The van der Waals surface area contributed by atoms with Gasteiger partial charge in [0.25, 0.3) is 5.91 Å². The SMILES string of the molecule is O=C(NC[C@H](c1ccco1)[NH+]1CCCC1)c1cc2ccccc2oc1=O. The molecule has 2 aromatic heterocycles. The summed E-state index contributed by atoms with van der Waals surface area (Å²) < 4.78 is 10.8. The van der Waals surface area contributed by atoms with E-state index in [2.05, 4.69) is 5.32 Å². The van der Waals surface area contributed by atoms with E-state index in [0.29, 0.717) is 12.1 Å². The third-order valence-electron chi connectivity index (χ3n) is 4.98. The predicted molar refractivity (Wildman–Crippen MR) is 96.2 cm³/mol. The van der Waals surface area contributed by atoms with Gasteiger partial charge in [-0.05, 0) is 24.3 Å². The molecule has 0 radical (unpaired) electrons. The van der Waals surface area contributed by atoms with Gasteiger partial charge >= 0.3 is 5.63 Å². The minimum atomic E-state index is -0.621. The van der Waals surface area contributed by atoms with Gasteiger partial charge in [0.2, 0.25) is 0 Å². The van der Waals surface area contributed by atoms with Gasteiger partial charge in [0.15, 0.2) is 11.8 Å². The van der Waals surface area contributed by atoms with Crippen molar-refractivity contribution in [3.63, 3.8) is 0 Å². The van der Waals surface area contributed by atoms with Crippen LogP contribution in [0.25, 0.3) is 11.0 Å². The number of fused-ring (bicyclic) bond motifs is 1. The first-order valence-corrected chi connectivity index (χ1v) is 8.91. The number of furan rings is 1. The number of hydrogen-bond donors (Lipinski definition) is 2. The molecule has 6 heteroatoms. The van der Waals surface area contributed by atoms with Crippen LogP contribution in [-0.2, 0) is 0 Å². The molecule has 2 N–H and O–H groups in total. The Morgan fingerprint density at radius 3 is 2.73 bits per heavy atom. The third kappa shape index (κ3) is 3.28. The van der Waals surface area contributed by atoms with Gasteiger partial charge in [0, 0.05) is 18.2 Å². The Kier molecular flexibility index (Phi) is 4.58. The fourth-order valence-electron chi connectivity index (χ4n) is 3.62. The maximum atomic E-state index is 12.6. The quantitative estimate of drug-likeness (QED) is 0.682. The van der Waals surface area contributed by atoms with Gasteiger partial charge in [-0.1, -0.05) is 18.2 Å². The standard InChI is InChI=1S/C20H20N2O4/c23-19(15-12-14-6-1-2-7-17(14)26-20(15)24)21-13-16(18-8-5-11-25-18)22-9-3-4-10-22/h1-2,5-8,11-12,16H,3-4,9-10,13H2,(H,21,23)/p+1/t16-/m1/s1. The average molecular weight is 353 g/mol. The summed E-state index contributed by atoms with van der Waals surface area (Å²) >= 11 is 0. The van der Waals surface area contributed by atoms with Gasteiger partial charge in [-0.25, -0.2) is 4.79 Å². The molecule has 3 heterocycles. The van der Waals surface area contributed by atoms with Gasteiger partial charge in [-0.2, -0.15) is 0 Å².